The number of fused-ring (bicyclic) bond motifs is 1. The van der Waals surface area contributed by atoms with Crippen molar-refractivity contribution in [1.29, 1.82) is 0 Å². The van der Waals surface area contributed by atoms with Crippen LogP contribution in [0, 0.1) is 11.8 Å². The molecule has 0 fully saturated rings. The Balaban J connectivity index is 1.64. The van der Waals surface area contributed by atoms with Gasteiger partial charge in [0.25, 0.3) is 0 Å². The van der Waals surface area contributed by atoms with Crippen LogP contribution in [0.1, 0.15) is 27.0 Å². The summed E-state index contributed by atoms with van der Waals surface area (Å²) >= 11 is 0. The van der Waals surface area contributed by atoms with Gasteiger partial charge in [0.15, 0.2) is 5.82 Å². The molecule has 0 aliphatic carbocycles. The summed E-state index contributed by atoms with van der Waals surface area (Å²) in [5, 5.41) is 0. The fourth-order valence-electron chi connectivity index (χ4n) is 3.41. The zero-order chi connectivity index (χ0) is 19.0. The van der Waals surface area contributed by atoms with Crippen molar-refractivity contribution >= 4 is 17.4 Å². The molecule has 27 heavy (non-hydrogen) atoms. The van der Waals surface area contributed by atoms with Crippen LogP contribution in [0.4, 0.5) is 20.3 Å². The van der Waals surface area contributed by atoms with Crippen molar-refractivity contribution in [1.82, 2.24) is 9.97 Å². The summed E-state index contributed by atoms with van der Waals surface area (Å²) in [7, 11) is 0. The molecule has 7 heteroatoms. The zero-order valence-electron chi connectivity index (χ0n) is 14.3. The largest absolute Gasteiger partial charge is 0.366 e. The molecule has 1 aromatic carbocycles. The van der Waals surface area contributed by atoms with Crippen molar-refractivity contribution in [2.45, 2.75) is 12.8 Å². The van der Waals surface area contributed by atoms with Gasteiger partial charge in [0, 0.05) is 30.2 Å². The Labute approximate surface area is 154 Å². The van der Waals surface area contributed by atoms with E-state index in [0.717, 1.165) is 28.7 Å². The van der Waals surface area contributed by atoms with Gasteiger partial charge in [0.2, 0.25) is 11.9 Å². The SMILES string of the molecule is NC(=O)c1cccc2c1CCN2c1cc(Cc2cnc(F)c(F)c2)ccn1. The number of aromatic nitrogens is 2. The van der Waals surface area contributed by atoms with Crippen LogP contribution in [-0.2, 0) is 12.8 Å². The highest BCUT2D eigenvalue weighted by atomic mass is 19.2. The summed E-state index contributed by atoms with van der Waals surface area (Å²) in [6, 6.07) is 10.3. The molecular formula is C20H16F2N4O. The van der Waals surface area contributed by atoms with Crippen LogP contribution in [0.15, 0.2) is 48.8 Å². The maximum absolute atomic E-state index is 13.4. The fraction of sp³-hybridized carbons (Fsp3) is 0.150. The highest BCUT2D eigenvalue weighted by Gasteiger charge is 2.25. The Morgan fingerprint density at radius 1 is 1.15 bits per heavy atom. The maximum Gasteiger partial charge on any atom is 0.249 e. The second-order valence-corrected chi connectivity index (χ2v) is 6.38. The number of pyridine rings is 2. The van der Waals surface area contributed by atoms with E-state index >= 15 is 0 Å². The smallest absolute Gasteiger partial charge is 0.249 e. The quantitative estimate of drug-likeness (QED) is 0.720. The first kappa shape index (κ1) is 17.1. The lowest BCUT2D eigenvalue weighted by atomic mass is 10.0. The van der Waals surface area contributed by atoms with Gasteiger partial charge in [-0.1, -0.05) is 6.07 Å². The van der Waals surface area contributed by atoms with E-state index in [4.69, 9.17) is 5.73 Å². The number of halogens is 2. The monoisotopic (exact) mass is 366 g/mol. The topological polar surface area (TPSA) is 72.1 Å². The van der Waals surface area contributed by atoms with Gasteiger partial charge < -0.3 is 10.6 Å². The Hall–Kier alpha value is -3.35. The number of benzene rings is 1. The number of nitrogens with two attached hydrogens (primary N) is 1. The second kappa shape index (κ2) is 6.75. The minimum atomic E-state index is -1.10. The lowest BCUT2D eigenvalue weighted by Crippen LogP contribution is -2.15. The van der Waals surface area contributed by atoms with Gasteiger partial charge in [0.1, 0.15) is 5.82 Å². The number of nitrogens with zero attached hydrogens (tertiary/aromatic N) is 3. The number of rotatable bonds is 4. The minimum Gasteiger partial charge on any atom is -0.366 e. The van der Waals surface area contributed by atoms with E-state index in [2.05, 4.69) is 9.97 Å². The Kier molecular flexibility index (Phi) is 4.27. The second-order valence-electron chi connectivity index (χ2n) is 6.38. The predicted octanol–water partition coefficient (Wildman–Crippen LogP) is 3.14. The molecule has 1 aliphatic heterocycles. The van der Waals surface area contributed by atoms with Crippen molar-refractivity contribution in [2.75, 3.05) is 11.4 Å². The molecule has 0 radical (unpaired) electrons. The molecule has 5 nitrogen and oxygen atoms in total. The molecule has 2 aromatic heterocycles. The van der Waals surface area contributed by atoms with E-state index in [0.29, 0.717) is 30.5 Å². The molecule has 136 valence electrons. The molecule has 0 bridgehead atoms. The molecule has 2 N–H and O–H groups in total. The van der Waals surface area contributed by atoms with Crippen molar-refractivity contribution < 1.29 is 13.6 Å². The zero-order valence-corrected chi connectivity index (χ0v) is 14.3. The predicted molar refractivity (Wildman–Crippen MR) is 96.9 cm³/mol. The highest BCUT2D eigenvalue weighted by molar-refractivity contribution is 5.96. The van der Waals surface area contributed by atoms with Crippen molar-refractivity contribution in [3.63, 3.8) is 0 Å². The Bertz CT molecular complexity index is 1040. The van der Waals surface area contributed by atoms with Gasteiger partial charge in [-0.05, 0) is 59.9 Å². The summed E-state index contributed by atoms with van der Waals surface area (Å²) in [6.45, 7) is 0.683. The third-order valence-corrected chi connectivity index (χ3v) is 4.64. The molecule has 0 saturated heterocycles. The molecule has 0 spiro atoms. The number of carbonyl (C=O) groups excluding carboxylic acids is 1. The van der Waals surface area contributed by atoms with E-state index in [1.54, 1.807) is 18.3 Å². The lowest BCUT2D eigenvalue weighted by molar-refractivity contribution is 0.0999. The van der Waals surface area contributed by atoms with Crippen molar-refractivity contribution in [3.8, 4) is 0 Å². The summed E-state index contributed by atoms with van der Waals surface area (Å²) in [5.41, 5.74) is 9.29. The van der Waals surface area contributed by atoms with Crippen LogP contribution in [0.25, 0.3) is 0 Å². The lowest BCUT2D eigenvalue weighted by Gasteiger charge is -2.19. The van der Waals surface area contributed by atoms with Crippen molar-refractivity contribution in [2.24, 2.45) is 5.73 Å². The van der Waals surface area contributed by atoms with Crippen LogP contribution in [0.5, 0.6) is 0 Å². The van der Waals surface area contributed by atoms with E-state index in [1.807, 2.05) is 23.1 Å². The molecular weight excluding hydrogens is 350 g/mol. The van der Waals surface area contributed by atoms with Gasteiger partial charge >= 0.3 is 0 Å². The van der Waals surface area contributed by atoms with Crippen LogP contribution in [0.3, 0.4) is 0 Å². The maximum atomic E-state index is 13.4. The van der Waals surface area contributed by atoms with E-state index in [-0.39, 0.29) is 0 Å². The Morgan fingerprint density at radius 3 is 2.78 bits per heavy atom. The average molecular weight is 366 g/mol. The first-order valence-electron chi connectivity index (χ1n) is 8.47. The fourth-order valence-corrected chi connectivity index (χ4v) is 3.41. The highest BCUT2D eigenvalue weighted by Crippen LogP contribution is 2.35. The minimum absolute atomic E-state index is 0.405. The molecule has 0 saturated carbocycles. The van der Waals surface area contributed by atoms with Gasteiger partial charge in [-0.25, -0.2) is 14.4 Å². The summed E-state index contributed by atoms with van der Waals surface area (Å²) < 4.78 is 26.4. The Morgan fingerprint density at radius 2 is 2.00 bits per heavy atom. The molecule has 3 heterocycles. The first-order valence-corrected chi connectivity index (χ1v) is 8.47. The average Bonchev–Trinajstić information content (AvgIpc) is 3.09. The van der Waals surface area contributed by atoms with Crippen LogP contribution < -0.4 is 10.6 Å². The number of hydrogen-bond acceptors (Lipinski definition) is 4. The normalized spacial score (nSPS) is 12.9. The molecule has 0 atom stereocenters. The van der Waals surface area contributed by atoms with Gasteiger partial charge in [-0.3, -0.25) is 4.79 Å². The number of hydrogen-bond donors (Lipinski definition) is 1. The molecule has 3 aromatic rings. The summed E-state index contributed by atoms with van der Waals surface area (Å²) in [6.07, 6.45) is 4.10. The van der Waals surface area contributed by atoms with E-state index in [1.165, 1.54) is 6.20 Å². The molecule has 0 unspecified atom stereocenters. The number of amides is 1. The molecule has 1 aliphatic rings. The van der Waals surface area contributed by atoms with Crippen LogP contribution in [0.2, 0.25) is 0 Å². The van der Waals surface area contributed by atoms with Gasteiger partial charge in [-0.15, -0.1) is 0 Å². The summed E-state index contributed by atoms with van der Waals surface area (Å²) in [4.78, 5) is 21.5. The van der Waals surface area contributed by atoms with Gasteiger partial charge in [-0.2, -0.15) is 4.39 Å². The standard InChI is InChI=1S/C20H16F2N4O/c21-16-9-13(11-25-19(16)22)8-12-4-6-24-18(10-12)26-7-5-14-15(20(23)27)2-1-3-17(14)26/h1-4,6,9-11H,5,7-8H2,(H2,23,27). The summed E-state index contributed by atoms with van der Waals surface area (Å²) in [5.74, 6) is -1.79. The molecule has 1 amide bonds. The van der Waals surface area contributed by atoms with Crippen molar-refractivity contribution in [3.05, 3.63) is 82.8 Å². The number of carbonyl (C=O) groups is 1. The third kappa shape index (κ3) is 3.23. The third-order valence-electron chi connectivity index (χ3n) is 4.64. The number of primary amides is 1. The van der Waals surface area contributed by atoms with Gasteiger partial charge in [0.05, 0.1) is 0 Å². The molecule has 4 rings (SSSR count). The van der Waals surface area contributed by atoms with Crippen LogP contribution in [-0.4, -0.2) is 22.4 Å². The number of anilines is 2. The van der Waals surface area contributed by atoms with Crippen LogP contribution >= 0.6 is 0 Å². The van der Waals surface area contributed by atoms with E-state index in [9.17, 15) is 13.6 Å². The van der Waals surface area contributed by atoms with E-state index < -0.39 is 17.7 Å². The first-order chi connectivity index (χ1) is 13.0.